The van der Waals surface area contributed by atoms with Crippen molar-refractivity contribution in [2.75, 3.05) is 5.73 Å². The minimum atomic E-state index is -0.605. The van der Waals surface area contributed by atoms with E-state index in [1.165, 1.54) is 18.7 Å². The first-order chi connectivity index (χ1) is 15.3. The number of carbonyl (C=O) groups excluding carboxylic acids is 1. The van der Waals surface area contributed by atoms with Crippen molar-refractivity contribution in [1.82, 2.24) is 24.4 Å². The van der Waals surface area contributed by atoms with Crippen molar-refractivity contribution < 1.29 is 4.79 Å². The number of halogens is 1. The molecule has 1 amide bonds. The average molecular weight is 451 g/mol. The summed E-state index contributed by atoms with van der Waals surface area (Å²) in [4.78, 5) is 47.1. The van der Waals surface area contributed by atoms with Gasteiger partial charge in [-0.15, -0.1) is 0 Å². The zero-order valence-corrected chi connectivity index (χ0v) is 18.1. The standard InChI is InChI=1S/C22H19ClN6O3/c1-28-19-17(21(31)29(2)22(28)32)15(13-7-3-4-8-14(13)23)16(18(24)27-19)20(30)26-11-12-6-5-9-25-10-12/h3-10H,11H2,1-2H3,(H2,24,27)(H,26,30). The monoisotopic (exact) mass is 450 g/mol. The third-order valence-electron chi connectivity index (χ3n) is 5.16. The summed E-state index contributed by atoms with van der Waals surface area (Å²) in [5, 5.41) is 3.18. The second-order valence-electron chi connectivity index (χ2n) is 7.18. The highest BCUT2D eigenvalue weighted by Gasteiger charge is 2.26. The number of benzene rings is 1. The van der Waals surface area contributed by atoms with Gasteiger partial charge in [0, 0.05) is 49.2 Å². The van der Waals surface area contributed by atoms with Gasteiger partial charge in [-0.2, -0.15) is 0 Å². The number of nitrogens with one attached hydrogen (secondary N) is 1. The highest BCUT2D eigenvalue weighted by atomic mass is 35.5. The number of rotatable bonds is 4. The van der Waals surface area contributed by atoms with Gasteiger partial charge in [-0.25, -0.2) is 9.78 Å². The van der Waals surface area contributed by atoms with Crippen molar-refractivity contribution in [3.05, 3.63) is 85.8 Å². The molecular weight excluding hydrogens is 432 g/mol. The molecule has 0 radical (unpaired) electrons. The van der Waals surface area contributed by atoms with E-state index in [-0.39, 0.29) is 34.5 Å². The fourth-order valence-electron chi connectivity index (χ4n) is 3.54. The van der Waals surface area contributed by atoms with Crippen LogP contribution in [0.4, 0.5) is 5.82 Å². The molecule has 0 aliphatic carbocycles. The Kier molecular flexibility index (Phi) is 5.50. The van der Waals surface area contributed by atoms with E-state index in [0.29, 0.717) is 10.6 Å². The highest BCUT2D eigenvalue weighted by Crippen LogP contribution is 2.36. The molecule has 0 fully saturated rings. The molecule has 0 bridgehead atoms. The zero-order chi connectivity index (χ0) is 23.0. The summed E-state index contributed by atoms with van der Waals surface area (Å²) in [5.74, 6) is -0.661. The van der Waals surface area contributed by atoms with Crippen LogP contribution in [0.1, 0.15) is 15.9 Å². The third kappa shape index (κ3) is 3.52. The summed E-state index contributed by atoms with van der Waals surface area (Å²) >= 11 is 6.45. The molecule has 1 aromatic carbocycles. The molecule has 0 aliphatic heterocycles. The topological polar surface area (TPSA) is 125 Å². The van der Waals surface area contributed by atoms with E-state index in [0.717, 1.165) is 10.1 Å². The summed E-state index contributed by atoms with van der Waals surface area (Å²) in [6.07, 6.45) is 3.26. The molecule has 0 aliphatic rings. The van der Waals surface area contributed by atoms with Crippen LogP contribution in [0.3, 0.4) is 0 Å². The minimum Gasteiger partial charge on any atom is -0.383 e. The lowest BCUT2D eigenvalue weighted by molar-refractivity contribution is 0.0952. The summed E-state index contributed by atoms with van der Waals surface area (Å²) in [6.45, 7) is 0.192. The van der Waals surface area contributed by atoms with E-state index in [4.69, 9.17) is 17.3 Å². The van der Waals surface area contributed by atoms with Gasteiger partial charge < -0.3 is 11.1 Å². The van der Waals surface area contributed by atoms with Crippen LogP contribution in [-0.2, 0) is 20.6 Å². The van der Waals surface area contributed by atoms with Crippen LogP contribution < -0.4 is 22.3 Å². The first kappa shape index (κ1) is 21.3. The molecule has 4 rings (SSSR count). The van der Waals surface area contributed by atoms with Crippen molar-refractivity contribution in [3.63, 3.8) is 0 Å². The molecule has 0 unspecified atom stereocenters. The molecule has 0 spiro atoms. The Morgan fingerprint density at radius 3 is 2.56 bits per heavy atom. The number of amides is 1. The van der Waals surface area contributed by atoms with Gasteiger partial charge in [0.1, 0.15) is 5.82 Å². The maximum absolute atomic E-state index is 13.3. The van der Waals surface area contributed by atoms with Crippen LogP contribution in [0.5, 0.6) is 0 Å². The number of fused-ring (bicyclic) bond motifs is 1. The van der Waals surface area contributed by atoms with E-state index in [1.54, 1.807) is 42.7 Å². The van der Waals surface area contributed by atoms with E-state index in [9.17, 15) is 14.4 Å². The lowest BCUT2D eigenvalue weighted by Crippen LogP contribution is -2.38. The van der Waals surface area contributed by atoms with Gasteiger partial charge in [-0.1, -0.05) is 35.9 Å². The maximum Gasteiger partial charge on any atom is 0.332 e. The van der Waals surface area contributed by atoms with Gasteiger partial charge >= 0.3 is 5.69 Å². The number of hydrogen-bond donors (Lipinski definition) is 2. The molecule has 3 N–H and O–H groups in total. The zero-order valence-electron chi connectivity index (χ0n) is 17.3. The summed E-state index contributed by atoms with van der Waals surface area (Å²) in [7, 11) is 2.84. The first-order valence-corrected chi connectivity index (χ1v) is 10.00. The number of nitrogens with two attached hydrogens (primary N) is 1. The maximum atomic E-state index is 13.3. The van der Waals surface area contributed by atoms with Crippen molar-refractivity contribution in [1.29, 1.82) is 0 Å². The van der Waals surface area contributed by atoms with Crippen LogP contribution in [0.15, 0.2) is 58.4 Å². The van der Waals surface area contributed by atoms with Crippen molar-refractivity contribution in [2.45, 2.75) is 6.54 Å². The number of nitrogen functional groups attached to an aromatic ring is 1. The van der Waals surface area contributed by atoms with Gasteiger partial charge in [-0.05, 0) is 17.7 Å². The van der Waals surface area contributed by atoms with Crippen LogP contribution in [-0.4, -0.2) is 25.0 Å². The summed E-state index contributed by atoms with van der Waals surface area (Å²) < 4.78 is 2.17. The normalized spacial score (nSPS) is 11.0. The Hall–Kier alpha value is -3.98. The Morgan fingerprint density at radius 2 is 1.88 bits per heavy atom. The number of carbonyl (C=O) groups is 1. The van der Waals surface area contributed by atoms with Crippen molar-refractivity contribution in [3.8, 4) is 11.1 Å². The van der Waals surface area contributed by atoms with E-state index < -0.39 is 17.2 Å². The second kappa shape index (κ2) is 8.27. The fraction of sp³-hybridized carbons (Fsp3) is 0.136. The van der Waals surface area contributed by atoms with Crippen LogP contribution >= 0.6 is 11.6 Å². The van der Waals surface area contributed by atoms with Gasteiger partial charge in [0.2, 0.25) is 0 Å². The second-order valence-corrected chi connectivity index (χ2v) is 7.58. The quantitative estimate of drug-likeness (QED) is 0.489. The molecule has 0 saturated carbocycles. The molecule has 9 nitrogen and oxygen atoms in total. The van der Waals surface area contributed by atoms with E-state index >= 15 is 0 Å². The number of anilines is 1. The van der Waals surface area contributed by atoms with Crippen LogP contribution in [0, 0.1) is 0 Å². The molecule has 10 heteroatoms. The van der Waals surface area contributed by atoms with Gasteiger partial charge in [0.15, 0.2) is 5.65 Å². The predicted octanol–water partition coefficient (Wildman–Crippen LogP) is 1.86. The largest absolute Gasteiger partial charge is 0.383 e. The smallest absolute Gasteiger partial charge is 0.332 e. The minimum absolute atomic E-state index is 0.00485. The van der Waals surface area contributed by atoms with Gasteiger partial charge in [0.05, 0.1) is 10.9 Å². The average Bonchev–Trinajstić information content (AvgIpc) is 2.80. The summed E-state index contributed by atoms with van der Waals surface area (Å²) in [6, 6.07) is 10.4. The number of aryl methyl sites for hydroxylation is 1. The molecule has 162 valence electrons. The molecule has 32 heavy (non-hydrogen) atoms. The molecule has 3 aromatic heterocycles. The molecule has 0 atom stereocenters. The number of nitrogens with zero attached hydrogens (tertiary/aromatic N) is 4. The number of pyridine rings is 2. The third-order valence-corrected chi connectivity index (χ3v) is 5.49. The molecule has 0 saturated heterocycles. The van der Waals surface area contributed by atoms with Crippen LogP contribution in [0.25, 0.3) is 22.2 Å². The Balaban J connectivity index is 2.02. The Bertz CT molecular complexity index is 1480. The molecule has 3 heterocycles. The van der Waals surface area contributed by atoms with Crippen molar-refractivity contribution >= 4 is 34.4 Å². The summed E-state index contributed by atoms with van der Waals surface area (Å²) in [5.41, 5.74) is 6.53. The van der Waals surface area contributed by atoms with E-state index in [2.05, 4.69) is 15.3 Å². The first-order valence-electron chi connectivity index (χ1n) is 9.62. The highest BCUT2D eigenvalue weighted by molar-refractivity contribution is 6.34. The van der Waals surface area contributed by atoms with Gasteiger partial charge in [-0.3, -0.25) is 23.7 Å². The fourth-order valence-corrected chi connectivity index (χ4v) is 3.77. The number of hydrogen-bond acceptors (Lipinski definition) is 6. The van der Waals surface area contributed by atoms with Gasteiger partial charge in [0.25, 0.3) is 11.5 Å². The predicted molar refractivity (Wildman–Crippen MR) is 122 cm³/mol. The Morgan fingerprint density at radius 1 is 1.12 bits per heavy atom. The van der Waals surface area contributed by atoms with E-state index in [1.807, 2.05) is 6.07 Å². The molecule has 4 aromatic rings. The lowest BCUT2D eigenvalue weighted by atomic mass is 9.96. The SMILES string of the molecule is Cn1c(=O)c2c(-c3ccccc3Cl)c(C(=O)NCc3cccnc3)c(N)nc2n(C)c1=O. The van der Waals surface area contributed by atoms with Crippen molar-refractivity contribution in [2.24, 2.45) is 14.1 Å². The molecular formula is C22H19ClN6O3. The van der Waals surface area contributed by atoms with Crippen LogP contribution in [0.2, 0.25) is 5.02 Å². The Labute approximate surface area is 187 Å². The lowest BCUT2D eigenvalue weighted by Gasteiger charge is -2.17. The number of aromatic nitrogens is 4.